The molecule has 0 aliphatic heterocycles. The first-order valence-corrected chi connectivity index (χ1v) is 6.81. The molecule has 2 rings (SSSR count). The Kier molecular flexibility index (Phi) is 3.97. The number of nitrogens with zero attached hydrogens (tertiary/aromatic N) is 1. The van der Waals surface area contributed by atoms with E-state index < -0.39 is 6.10 Å². The highest BCUT2D eigenvalue weighted by Crippen LogP contribution is 2.23. The fourth-order valence-electron chi connectivity index (χ4n) is 2.23. The Morgan fingerprint density at radius 2 is 1.95 bits per heavy atom. The zero-order valence-corrected chi connectivity index (χ0v) is 12.5. The molecular weight excluding hydrogens is 252 g/mol. The maximum atomic E-state index is 11.7. The lowest BCUT2D eigenvalue weighted by Gasteiger charge is -2.23. The average Bonchev–Trinajstić information content (AvgIpc) is 2.39. The van der Waals surface area contributed by atoms with E-state index in [1.54, 1.807) is 17.7 Å². The Bertz CT molecular complexity index is 668. The predicted molar refractivity (Wildman–Crippen MR) is 81.9 cm³/mol. The summed E-state index contributed by atoms with van der Waals surface area (Å²) in [6.45, 7) is 6.66. The van der Waals surface area contributed by atoms with Crippen molar-refractivity contribution in [3.05, 3.63) is 46.2 Å². The van der Waals surface area contributed by atoms with Crippen molar-refractivity contribution < 1.29 is 5.11 Å². The summed E-state index contributed by atoms with van der Waals surface area (Å²) in [6.07, 6.45) is -0.601. The van der Waals surface area contributed by atoms with Crippen molar-refractivity contribution >= 4 is 10.9 Å². The fraction of sp³-hybridized carbons (Fsp3) is 0.438. The Labute approximate surface area is 119 Å². The topological polar surface area (TPSA) is 54.3 Å². The van der Waals surface area contributed by atoms with Crippen LogP contribution in [0.2, 0.25) is 0 Å². The van der Waals surface area contributed by atoms with Crippen LogP contribution in [0.1, 0.15) is 32.4 Å². The molecule has 1 aromatic heterocycles. The second-order valence-corrected chi connectivity index (χ2v) is 6.16. The molecule has 0 fully saturated rings. The second kappa shape index (κ2) is 5.38. The molecule has 0 radical (unpaired) electrons. The number of rotatable bonds is 3. The first-order chi connectivity index (χ1) is 9.29. The van der Waals surface area contributed by atoms with Gasteiger partial charge in [-0.15, -0.1) is 0 Å². The zero-order chi connectivity index (χ0) is 14.9. The van der Waals surface area contributed by atoms with E-state index in [1.807, 2.05) is 18.2 Å². The largest absolute Gasteiger partial charge is 0.387 e. The van der Waals surface area contributed by atoms with Crippen LogP contribution in [0.25, 0.3) is 10.9 Å². The highest BCUT2D eigenvalue weighted by atomic mass is 16.3. The number of nitrogens with one attached hydrogen (secondary N) is 1. The molecular formula is C16H22N2O2. The van der Waals surface area contributed by atoms with E-state index in [0.29, 0.717) is 6.54 Å². The summed E-state index contributed by atoms with van der Waals surface area (Å²) in [6, 6.07) is 8.99. The zero-order valence-electron chi connectivity index (χ0n) is 12.5. The third kappa shape index (κ3) is 3.08. The van der Waals surface area contributed by atoms with Gasteiger partial charge in [0.15, 0.2) is 0 Å². The van der Waals surface area contributed by atoms with Gasteiger partial charge in [-0.25, -0.2) is 0 Å². The minimum absolute atomic E-state index is 0.0432. The van der Waals surface area contributed by atoms with Crippen molar-refractivity contribution in [3.8, 4) is 0 Å². The molecule has 1 aromatic carbocycles. The van der Waals surface area contributed by atoms with Gasteiger partial charge >= 0.3 is 0 Å². The lowest BCUT2D eigenvalue weighted by molar-refractivity contribution is 0.164. The highest BCUT2D eigenvalue weighted by Gasteiger charge is 2.16. The molecule has 0 amide bonds. The molecule has 108 valence electrons. The van der Waals surface area contributed by atoms with Gasteiger partial charge < -0.3 is 15.0 Å². The lowest BCUT2D eigenvalue weighted by atomic mass is 10.0. The summed E-state index contributed by atoms with van der Waals surface area (Å²) < 4.78 is 1.60. The maximum absolute atomic E-state index is 11.7. The van der Waals surface area contributed by atoms with E-state index in [9.17, 15) is 9.90 Å². The van der Waals surface area contributed by atoms with E-state index in [4.69, 9.17) is 0 Å². The van der Waals surface area contributed by atoms with Gasteiger partial charge in [0.05, 0.1) is 11.6 Å². The molecule has 1 atom stereocenters. The van der Waals surface area contributed by atoms with Crippen molar-refractivity contribution in [1.82, 2.24) is 9.88 Å². The van der Waals surface area contributed by atoms with Crippen LogP contribution in [0.5, 0.6) is 0 Å². The molecule has 2 N–H and O–H groups in total. The quantitative estimate of drug-likeness (QED) is 0.899. The minimum atomic E-state index is -0.601. The third-order valence-electron chi connectivity index (χ3n) is 3.39. The number of hydrogen-bond donors (Lipinski definition) is 2. The molecule has 1 heterocycles. The normalized spacial score (nSPS) is 13.7. The van der Waals surface area contributed by atoms with Crippen LogP contribution in [0.3, 0.4) is 0 Å². The number of aromatic nitrogens is 1. The predicted octanol–water partition coefficient (Wildman–Crippen LogP) is 1.96. The van der Waals surface area contributed by atoms with Crippen LogP contribution in [0.4, 0.5) is 0 Å². The van der Waals surface area contributed by atoms with Crippen LogP contribution in [-0.2, 0) is 7.05 Å². The van der Waals surface area contributed by atoms with Crippen LogP contribution in [0.15, 0.2) is 35.1 Å². The molecule has 0 aliphatic rings. The number of benzene rings is 1. The summed E-state index contributed by atoms with van der Waals surface area (Å²) in [7, 11) is 1.74. The van der Waals surface area contributed by atoms with E-state index >= 15 is 0 Å². The van der Waals surface area contributed by atoms with Gasteiger partial charge in [-0.05, 0) is 38.5 Å². The van der Waals surface area contributed by atoms with Crippen molar-refractivity contribution in [2.75, 3.05) is 6.54 Å². The standard InChI is InChI=1S/C16H22N2O2/c1-16(2,3)17-10-14(19)12-6-5-7-13-11(12)8-9-15(20)18(13)4/h5-9,14,17,19H,10H2,1-4H3/t14-/m0/s1. The molecule has 20 heavy (non-hydrogen) atoms. The molecule has 0 saturated carbocycles. The molecule has 0 unspecified atom stereocenters. The summed E-state index contributed by atoms with van der Waals surface area (Å²) in [5.41, 5.74) is 1.59. The SMILES string of the molecule is Cn1c(=O)ccc2c([C@@H](O)CNC(C)(C)C)cccc21. The molecule has 0 spiro atoms. The Morgan fingerprint density at radius 1 is 1.25 bits per heavy atom. The first-order valence-electron chi connectivity index (χ1n) is 6.81. The highest BCUT2D eigenvalue weighted by molar-refractivity contribution is 5.82. The van der Waals surface area contributed by atoms with Crippen LogP contribution >= 0.6 is 0 Å². The second-order valence-electron chi connectivity index (χ2n) is 6.16. The first kappa shape index (κ1) is 14.8. The minimum Gasteiger partial charge on any atom is -0.387 e. The van der Waals surface area contributed by atoms with Gasteiger partial charge in [-0.2, -0.15) is 0 Å². The number of aliphatic hydroxyl groups is 1. The number of β-amino-alcohol motifs (C(OH)–C–C–N with tert-alkyl or cyclic N) is 1. The number of fused-ring (bicyclic) bond motifs is 1. The van der Waals surface area contributed by atoms with Gasteiger partial charge in [-0.3, -0.25) is 4.79 Å². The van der Waals surface area contributed by atoms with Gasteiger partial charge in [0.2, 0.25) is 0 Å². The maximum Gasteiger partial charge on any atom is 0.250 e. The average molecular weight is 274 g/mol. The third-order valence-corrected chi connectivity index (χ3v) is 3.39. The van der Waals surface area contributed by atoms with Gasteiger partial charge in [-0.1, -0.05) is 12.1 Å². The van der Waals surface area contributed by atoms with Crippen molar-refractivity contribution in [1.29, 1.82) is 0 Å². The number of aliphatic hydroxyl groups excluding tert-OH is 1. The van der Waals surface area contributed by atoms with Gasteiger partial charge in [0.25, 0.3) is 5.56 Å². The van der Waals surface area contributed by atoms with Crippen LogP contribution in [-0.4, -0.2) is 21.8 Å². The molecule has 0 aliphatic carbocycles. The number of aryl methyl sites for hydroxylation is 1. The van der Waals surface area contributed by atoms with E-state index in [0.717, 1.165) is 16.5 Å². The van der Waals surface area contributed by atoms with E-state index in [1.165, 1.54) is 6.07 Å². The fourth-order valence-corrected chi connectivity index (χ4v) is 2.23. The lowest BCUT2D eigenvalue weighted by Crippen LogP contribution is -2.38. The summed E-state index contributed by atoms with van der Waals surface area (Å²) in [4.78, 5) is 11.7. The van der Waals surface area contributed by atoms with Crippen LogP contribution in [0, 0.1) is 0 Å². The monoisotopic (exact) mass is 274 g/mol. The van der Waals surface area contributed by atoms with Gasteiger partial charge in [0, 0.05) is 30.6 Å². The summed E-state index contributed by atoms with van der Waals surface area (Å²) in [5.74, 6) is 0. The smallest absolute Gasteiger partial charge is 0.250 e. The van der Waals surface area contributed by atoms with Crippen molar-refractivity contribution in [2.24, 2.45) is 7.05 Å². The number of hydrogen-bond acceptors (Lipinski definition) is 3. The van der Waals surface area contributed by atoms with Gasteiger partial charge in [0.1, 0.15) is 0 Å². The molecule has 4 heteroatoms. The van der Waals surface area contributed by atoms with Crippen molar-refractivity contribution in [3.63, 3.8) is 0 Å². The Hall–Kier alpha value is -1.65. The molecule has 2 aromatic rings. The Balaban J connectivity index is 2.40. The van der Waals surface area contributed by atoms with Crippen LogP contribution < -0.4 is 10.9 Å². The number of pyridine rings is 1. The van der Waals surface area contributed by atoms with Crippen molar-refractivity contribution in [2.45, 2.75) is 32.4 Å². The summed E-state index contributed by atoms with van der Waals surface area (Å²) in [5, 5.41) is 14.6. The molecule has 4 nitrogen and oxygen atoms in total. The molecule has 0 bridgehead atoms. The van der Waals surface area contributed by atoms with E-state index in [2.05, 4.69) is 26.1 Å². The molecule has 0 saturated heterocycles. The Morgan fingerprint density at radius 3 is 2.60 bits per heavy atom. The van der Waals surface area contributed by atoms with E-state index in [-0.39, 0.29) is 11.1 Å². The summed E-state index contributed by atoms with van der Waals surface area (Å²) >= 11 is 0.